The second-order valence-electron chi connectivity index (χ2n) is 3.94. The lowest BCUT2D eigenvalue weighted by molar-refractivity contribution is 0.0199. The Balaban J connectivity index is 2.77. The van der Waals surface area contributed by atoms with Crippen LogP contribution in [0, 0.1) is 5.82 Å². The predicted molar refractivity (Wildman–Crippen MR) is 71.3 cm³/mol. The van der Waals surface area contributed by atoms with Crippen LogP contribution in [0.5, 0.6) is 0 Å². The topological polar surface area (TPSA) is 81.4 Å². The van der Waals surface area contributed by atoms with Crippen LogP contribution in [0.2, 0.25) is 5.02 Å². The van der Waals surface area contributed by atoms with Gasteiger partial charge in [-0.1, -0.05) is 11.6 Å². The molecule has 3 N–H and O–H groups in total. The highest BCUT2D eigenvalue weighted by atomic mass is 35.5. The van der Waals surface area contributed by atoms with E-state index in [4.69, 9.17) is 17.3 Å². The first-order chi connectivity index (χ1) is 9.77. The Morgan fingerprint density at radius 2 is 2.05 bits per heavy atom. The summed E-state index contributed by atoms with van der Waals surface area (Å²) in [4.78, 5) is -0.649. The van der Waals surface area contributed by atoms with Crippen LogP contribution in [0.4, 0.5) is 13.2 Å². The van der Waals surface area contributed by atoms with Crippen LogP contribution in [-0.2, 0) is 21.3 Å². The number of ether oxygens (including phenoxy) is 1. The van der Waals surface area contributed by atoms with Crippen molar-refractivity contribution >= 4 is 21.6 Å². The zero-order chi connectivity index (χ0) is 16.0. The number of hydrogen-bond acceptors (Lipinski definition) is 4. The number of nitrogens with two attached hydrogens (primary N) is 1. The van der Waals surface area contributed by atoms with Gasteiger partial charge in [-0.2, -0.15) is 0 Å². The van der Waals surface area contributed by atoms with Crippen molar-refractivity contribution in [2.24, 2.45) is 5.73 Å². The molecule has 10 heteroatoms. The van der Waals surface area contributed by atoms with E-state index < -0.39 is 33.8 Å². The third-order valence-electron chi connectivity index (χ3n) is 2.37. The molecule has 0 bridgehead atoms. The zero-order valence-electron chi connectivity index (χ0n) is 10.8. The lowest BCUT2D eigenvalue weighted by Crippen LogP contribution is -2.29. The van der Waals surface area contributed by atoms with Crippen molar-refractivity contribution in [3.8, 4) is 0 Å². The largest absolute Gasteiger partial charge is 0.374 e. The number of alkyl halides is 2. The zero-order valence-corrected chi connectivity index (χ0v) is 12.4. The van der Waals surface area contributed by atoms with Gasteiger partial charge in [-0.05, 0) is 12.1 Å². The van der Waals surface area contributed by atoms with Gasteiger partial charge < -0.3 is 10.5 Å². The van der Waals surface area contributed by atoms with E-state index in [2.05, 4.69) is 4.74 Å². The molecule has 0 saturated carbocycles. The summed E-state index contributed by atoms with van der Waals surface area (Å²) < 4.78 is 67.9. The molecule has 0 atom stereocenters. The van der Waals surface area contributed by atoms with Crippen LogP contribution in [-0.4, -0.2) is 34.6 Å². The summed E-state index contributed by atoms with van der Waals surface area (Å²) in [6.45, 7) is -1.56. The summed E-state index contributed by atoms with van der Waals surface area (Å²) in [5, 5.41) is 0.0196. The molecule has 21 heavy (non-hydrogen) atoms. The number of sulfonamides is 1. The van der Waals surface area contributed by atoms with Gasteiger partial charge in [0.2, 0.25) is 10.0 Å². The smallest absolute Gasteiger partial charge is 0.261 e. The Morgan fingerprint density at radius 3 is 2.62 bits per heavy atom. The normalized spacial score (nSPS) is 12.1. The summed E-state index contributed by atoms with van der Waals surface area (Å²) in [6.07, 6.45) is -2.64. The molecule has 0 heterocycles. The van der Waals surface area contributed by atoms with Crippen molar-refractivity contribution < 1.29 is 26.3 Å². The first kappa shape index (κ1) is 18.2. The van der Waals surface area contributed by atoms with Crippen LogP contribution in [0.1, 0.15) is 5.56 Å². The van der Waals surface area contributed by atoms with Crippen LogP contribution in [0.25, 0.3) is 0 Å². The second kappa shape index (κ2) is 7.95. The van der Waals surface area contributed by atoms with E-state index in [1.165, 1.54) is 6.07 Å². The molecule has 0 aliphatic heterocycles. The molecule has 0 aliphatic rings. The number of hydrogen-bond donors (Lipinski definition) is 2. The van der Waals surface area contributed by atoms with E-state index in [0.717, 1.165) is 6.07 Å². The summed E-state index contributed by atoms with van der Waals surface area (Å²) in [7, 11) is -4.18. The first-order valence-electron chi connectivity index (χ1n) is 5.81. The predicted octanol–water partition coefficient (Wildman–Crippen LogP) is 1.50. The maximum atomic E-state index is 13.9. The van der Waals surface area contributed by atoms with E-state index >= 15 is 0 Å². The summed E-state index contributed by atoms with van der Waals surface area (Å²) in [5.74, 6) is -0.997. The van der Waals surface area contributed by atoms with Gasteiger partial charge >= 0.3 is 0 Å². The molecule has 1 aromatic carbocycles. The number of nitrogens with one attached hydrogen (secondary N) is 1. The fourth-order valence-electron chi connectivity index (χ4n) is 1.46. The lowest BCUT2D eigenvalue weighted by atomic mass is 10.2. The first-order valence-corrected chi connectivity index (χ1v) is 7.67. The van der Waals surface area contributed by atoms with E-state index in [1.807, 2.05) is 4.72 Å². The second-order valence-corrected chi connectivity index (χ2v) is 6.12. The van der Waals surface area contributed by atoms with Gasteiger partial charge in [0.05, 0.1) is 6.61 Å². The van der Waals surface area contributed by atoms with Crippen molar-refractivity contribution in [1.29, 1.82) is 0 Å². The van der Waals surface area contributed by atoms with Crippen LogP contribution >= 0.6 is 11.6 Å². The minimum absolute atomic E-state index is 0.0196. The molecule has 0 radical (unpaired) electrons. The van der Waals surface area contributed by atoms with Crippen LogP contribution < -0.4 is 10.5 Å². The molecular weight excluding hydrogens is 333 g/mol. The maximum Gasteiger partial charge on any atom is 0.261 e. The molecule has 0 fully saturated rings. The average molecular weight is 347 g/mol. The maximum absolute atomic E-state index is 13.9. The molecule has 0 amide bonds. The number of rotatable bonds is 8. The molecule has 0 aliphatic carbocycles. The molecule has 1 aromatic rings. The third-order valence-corrected chi connectivity index (χ3v) is 4.05. The minimum Gasteiger partial charge on any atom is -0.374 e. The van der Waals surface area contributed by atoms with Gasteiger partial charge in [0, 0.05) is 23.7 Å². The highest BCUT2D eigenvalue weighted by Gasteiger charge is 2.21. The Morgan fingerprint density at radius 1 is 1.38 bits per heavy atom. The van der Waals surface area contributed by atoms with Crippen molar-refractivity contribution in [1.82, 2.24) is 4.72 Å². The summed E-state index contributed by atoms with van der Waals surface area (Å²) >= 11 is 5.70. The molecule has 0 unspecified atom stereocenters. The van der Waals surface area contributed by atoms with Crippen molar-refractivity contribution in [3.63, 3.8) is 0 Å². The van der Waals surface area contributed by atoms with Crippen LogP contribution in [0.3, 0.4) is 0 Å². The van der Waals surface area contributed by atoms with E-state index in [1.54, 1.807) is 0 Å². The van der Waals surface area contributed by atoms with Gasteiger partial charge in [0.25, 0.3) is 6.43 Å². The Kier molecular flexibility index (Phi) is 6.88. The van der Waals surface area contributed by atoms with Crippen molar-refractivity contribution in [2.75, 3.05) is 19.8 Å². The molecule has 1 rings (SSSR count). The highest BCUT2D eigenvalue weighted by Crippen LogP contribution is 2.23. The van der Waals surface area contributed by atoms with Gasteiger partial charge in [-0.15, -0.1) is 0 Å². The molecule has 0 aromatic heterocycles. The standard InChI is InChI=1S/C11H14ClF3N2O3S/c12-8-3-7(5-16)11(15)9(4-8)21(18,19)17-1-2-20-6-10(13)14/h3-4,10,17H,1-2,5-6,16H2. The Hall–Kier alpha value is -0.870. The van der Waals surface area contributed by atoms with E-state index in [9.17, 15) is 21.6 Å². The number of halogens is 4. The van der Waals surface area contributed by atoms with E-state index in [0.29, 0.717) is 0 Å². The fraction of sp³-hybridized carbons (Fsp3) is 0.455. The fourth-order valence-corrected chi connectivity index (χ4v) is 2.92. The molecule has 0 spiro atoms. The minimum atomic E-state index is -4.18. The van der Waals surface area contributed by atoms with Gasteiger partial charge in [0.1, 0.15) is 17.3 Å². The highest BCUT2D eigenvalue weighted by molar-refractivity contribution is 7.89. The quantitative estimate of drug-likeness (QED) is 0.699. The van der Waals surface area contributed by atoms with Gasteiger partial charge in [-0.3, -0.25) is 0 Å². The lowest BCUT2D eigenvalue weighted by Gasteiger charge is -2.11. The Bertz CT molecular complexity index is 584. The Labute approximate surface area is 125 Å². The van der Waals surface area contributed by atoms with Crippen LogP contribution in [0.15, 0.2) is 17.0 Å². The van der Waals surface area contributed by atoms with Gasteiger partial charge in [-0.25, -0.2) is 26.3 Å². The third kappa shape index (κ3) is 5.44. The monoisotopic (exact) mass is 346 g/mol. The van der Waals surface area contributed by atoms with Crippen molar-refractivity contribution in [2.45, 2.75) is 17.9 Å². The summed E-state index contributed by atoms with van der Waals surface area (Å²) in [5.41, 5.74) is 5.25. The molecule has 120 valence electrons. The molecule has 0 saturated heterocycles. The van der Waals surface area contributed by atoms with Gasteiger partial charge in [0.15, 0.2) is 0 Å². The van der Waals surface area contributed by atoms with E-state index in [-0.39, 0.29) is 30.3 Å². The SMILES string of the molecule is NCc1cc(Cl)cc(S(=O)(=O)NCCOCC(F)F)c1F. The number of benzene rings is 1. The summed E-state index contributed by atoms with van der Waals surface area (Å²) in [6, 6.07) is 2.17. The average Bonchev–Trinajstić information content (AvgIpc) is 2.40. The molecular formula is C11H14ClF3N2O3S. The van der Waals surface area contributed by atoms with Crippen molar-refractivity contribution in [3.05, 3.63) is 28.5 Å². The molecule has 5 nitrogen and oxygen atoms in total.